The van der Waals surface area contributed by atoms with Crippen LogP contribution in [0, 0.1) is 0 Å². The smallest absolute Gasteiger partial charge is 0.244 e. The van der Waals surface area contributed by atoms with Crippen molar-refractivity contribution in [3.8, 4) is 5.75 Å². The van der Waals surface area contributed by atoms with E-state index in [1.165, 1.54) is 0 Å². The lowest BCUT2D eigenvalue weighted by atomic mass is 10.3. The molecule has 2 rings (SSSR count). The molecule has 0 radical (unpaired) electrons. The predicted octanol–water partition coefficient (Wildman–Crippen LogP) is -1.30. The number of rotatable bonds is 1. The second-order valence-electron chi connectivity index (χ2n) is 3.36. The highest BCUT2D eigenvalue weighted by Crippen LogP contribution is 2.33. The third-order valence-electron chi connectivity index (χ3n) is 2.20. The summed E-state index contributed by atoms with van der Waals surface area (Å²) in [7, 11) is -7.97. The molecule has 1 aromatic carbocycles. The Morgan fingerprint density at radius 2 is 2.00 bits per heavy atom. The lowest BCUT2D eigenvalue weighted by Crippen LogP contribution is -2.34. The van der Waals surface area contributed by atoms with Crippen molar-refractivity contribution < 1.29 is 21.9 Å². The molecule has 0 aromatic heterocycles. The second kappa shape index (κ2) is 3.57. The Balaban J connectivity index is 2.79. The van der Waals surface area contributed by atoms with Crippen molar-refractivity contribution in [1.29, 1.82) is 0 Å². The normalized spacial score (nSPS) is 18.2. The van der Waals surface area contributed by atoms with Crippen LogP contribution in [0.3, 0.4) is 0 Å². The van der Waals surface area contributed by atoms with Crippen molar-refractivity contribution in [3.05, 3.63) is 12.1 Å². The molecule has 1 aromatic rings. The Kier molecular flexibility index (Phi) is 2.54. The van der Waals surface area contributed by atoms with E-state index in [1.54, 1.807) is 0 Å². The summed E-state index contributed by atoms with van der Waals surface area (Å²) in [5.74, 6) is -0.601. The summed E-state index contributed by atoms with van der Waals surface area (Å²) in [6, 6.07) is 1.82. The molecule has 8 nitrogen and oxygen atoms in total. The van der Waals surface area contributed by atoms with Gasteiger partial charge in [-0.3, -0.25) is 0 Å². The van der Waals surface area contributed by atoms with Gasteiger partial charge in [-0.2, -0.15) is 4.72 Å². The predicted molar refractivity (Wildman–Crippen MR) is 58.3 cm³/mol. The fourth-order valence-corrected chi connectivity index (χ4v) is 3.26. The summed E-state index contributed by atoms with van der Waals surface area (Å²) in [5, 5.41) is 17.0. The molecule has 0 saturated carbocycles. The molecule has 1 aliphatic rings. The molecule has 1 aliphatic heterocycles. The molecule has 0 aliphatic carbocycles. The summed E-state index contributed by atoms with van der Waals surface area (Å²) in [6.07, 6.45) is 0. The standard InChI is InChI=1S/C7H9N3O5S2/c8-16(12,13)7-2-6-4(1-5(7)11)9-3-10-17(6,14)15/h1-2,9-11H,3H2,(H2,8,12,13). The van der Waals surface area contributed by atoms with Crippen molar-refractivity contribution in [2.24, 2.45) is 5.14 Å². The van der Waals surface area contributed by atoms with E-state index in [-0.39, 0.29) is 17.3 Å². The van der Waals surface area contributed by atoms with Gasteiger partial charge < -0.3 is 10.4 Å². The average molecular weight is 279 g/mol. The number of anilines is 1. The first-order chi connectivity index (χ1) is 7.72. The second-order valence-corrected chi connectivity index (χ2v) is 6.63. The van der Waals surface area contributed by atoms with Crippen LogP contribution in [0.25, 0.3) is 0 Å². The molecule has 94 valence electrons. The van der Waals surface area contributed by atoms with E-state index >= 15 is 0 Å². The van der Waals surface area contributed by atoms with Crippen LogP contribution < -0.4 is 15.2 Å². The van der Waals surface area contributed by atoms with Crippen molar-refractivity contribution in [1.82, 2.24) is 4.72 Å². The number of sulfonamides is 2. The zero-order valence-electron chi connectivity index (χ0n) is 8.34. The molecule has 0 spiro atoms. The van der Waals surface area contributed by atoms with E-state index in [2.05, 4.69) is 10.0 Å². The van der Waals surface area contributed by atoms with Gasteiger partial charge >= 0.3 is 0 Å². The Morgan fingerprint density at radius 1 is 1.35 bits per heavy atom. The number of nitrogens with one attached hydrogen (secondary N) is 2. The zero-order valence-corrected chi connectivity index (χ0v) is 9.97. The van der Waals surface area contributed by atoms with Crippen LogP contribution in [0.15, 0.2) is 21.9 Å². The van der Waals surface area contributed by atoms with Crippen LogP contribution in [-0.4, -0.2) is 28.6 Å². The maximum atomic E-state index is 11.6. The third-order valence-corrected chi connectivity index (χ3v) is 4.58. The molecule has 0 fully saturated rings. The monoisotopic (exact) mass is 279 g/mol. The van der Waals surface area contributed by atoms with Gasteiger partial charge in [-0.05, 0) is 6.07 Å². The molecule has 10 heteroatoms. The molecule has 0 atom stereocenters. The largest absolute Gasteiger partial charge is 0.506 e. The van der Waals surface area contributed by atoms with E-state index in [0.29, 0.717) is 0 Å². The molecule has 0 amide bonds. The minimum Gasteiger partial charge on any atom is -0.506 e. The van der Waals surface area contributed by atoms with Gasteiger partial charge in [0.1, 0.15) is 15.5 Å². The van der Waals surface area contributed by atoms with Gasteiger partial charge in [-0.1, -0.05) is 0 Å². The first-order valence-corrected chi connectivity index (χ1v) is 7.38. The van der Waals surface area contributed by atoms with Crippen LogP contribution in [-0.2, 0) is 20.0 Å². The number of phenols is 1. The highest BCUT2D eigenvalue weighted by atomic mass is 32.2. The molecule has 0 bridgehead atoms. The first-order valence-electron chi connectivity index (χ1n) is 4.35. The van der Waals surface area contributed by atoms with Gasteiger partial charge in [0.2, 0.25) is 20.0 Å². The molecule has 5 N–H and O–H groups in total. The van der Waals surface area contributed by atoms with Gasteiger partial charge in [-0.15, -0.1) is 0 Å². The van der Waals surface area contributed by atoms with Crippen LogP contribution in [0.5, 0.6) is 5.75 Å². The molecule has 17 heavy (non-hydrogen) atoms. The molecule has 0 saturated heterocycles. The van der Waals surface area contributed by atoms with E-state index in [0.717, 1.165) is 12.1 Å². The van der Waals surface area contributed by atoms with E-state index in [9.17, 15) is 21.9 Å². The average Bonchev–Trinajstić information content (AvgIpc) is 2.13. The number of fused-ring (bicyclic) bond motifs is 1. The Morgan fingerprint density at radius 3 is 2.59 bits per heavy atom. The van der Waals surface area contributed by atoms with E-state index in [1.807, 2.05) is 0 Å². The van der Waals surface area contributed by atoms with Crippen LogP contribution >= 0.6 is 0 Å². The highest BCUT2D eigenvalue weighted by Gasteiger charge is 2.27. The Bertz CT molecular complexity index is 680. The summed E-state index contributed by atoms with van der Waals surface area (Å²) in [6.45, 7) is -0.0382. The number of hydrogen-bond acceptors (Lipinski definition) is 6. The van der Waals surface area contributed by atoms with Crippen molar-refractivity contribution in [2.75, 3.05) is 12.0 Å². The minimum atomic E-state index is -4.19. The maximum absolute atomic E-state index is 11.6. The van der Waals surface area contributed by atoms with Crippen molar-refractivity contribution in [2.45, 2.75) is 9.79 Å². The number of aromatic hydroxyl groups is 1. The summed E-state index contributed by atoms with van der Waals surface area (Å²) < 4.78 is 47.6. The number of hydrogen-bond donors (Lipinski definition) is 4. The van der Waals surface area contributed by atoms with Crippen LogP contribution in [0.4, 0.5) is 5.69 Å². The minimum absolute atomic E-state index is 0.0382. The summed E-state index contributed by atoms with van der Waals surface area (Å²) in [4.78, 5) is -0.907. The zero-order chi connectivity index (χ0) is 12.8. The van der Waals surface area contributed by atoms with Gasteiger partial charge in [0, 0.05) is 6.07 Å². The Hall–Kier alpha value is -1.36. The topological polar surface area (TPSA) is 139 Å². The Labute approximate surface area is 97.5 Å². The third kappa shape index (κ3) is 2.07. The number of primary sulfonamides is 1. The number of benzene rings is 1. The molecule has 1 heterocycles. The number of nitrogens with two attached hydrogens (primary N) is 1. The molecule has 0 unspecified atom stereocenters. The van der Waals surface area contributed by atoms with Crippen LogP contribution in [0.1, 0.15) is 0 Å². The van der Waals surface area contributed by atoms with E-state index in [4.69, 9.17) is 5.14 Å². The van der Waals surface area contributed by atoms with Gasteiger partial charge in [0.15, 0.2) is 0 Å². The van der Waals surface area contributed by atoms with Gasteiger partial charge in [0.25, 0.3) is 0 Å². The highest BCUT2D eigenvalue weighted by molar-refractivity contribution is 7.90. The fraction of sp³-hybridized carbons (Fsp3) is 0.143. The lowest BCUT2D eigenvalue weighted by molar-refractivity contribution is 0.458. The lowest BCUT2D eigenvalue weighted by Gasteiger charge is -2.20. The summed E-state index contributed by atoms with van der Waals surface area (Å²) >= 11 is 0. The molecular weight excluding hydrogens is 270 g/mol. The van der Waals surface area contributed by atoms with Crippen molar-refractivity contribution in [3.63, 3.8) is 0 Å². The van der Waals surface area contributed by atoms with E-state index < -0.39 is 30.7 Å². The number of phenolic OH excluding ortho intramolecular Hbond substituents is 1. The fourth-order valence-electron chi connectivity index (χ4n) is 1.44. The van der Waals surface area contributed by atoms with Crippen LogP contribution in [0.2, 0.25) is 0 Å². The van der Waals surface area contributed by atoms with Gasteiger partial charge in [0.05, 0.1) is 12.4 Å². The first kappa shape index (κ1) is 12.1. The quantitative estimate of drug-likeness (QED) is 0.504. The maximum Gasteiger partial charge on any atom is 0.244 e. The summed E-state index contributed by atoms with van der Waals surface area (Å²) in [5.41, 5.74) is 0.119. The van der Waals surface area contributed by atoms with Crippen molar-refractivity contribution >= 4 is 25.7 Å². The molecular formula is C7H9N3O5S2. The SMILES string of the molecule is NS(=O)(=O)c1cc2c(cc1O)NCNS2(=O)=O. The van der Waals surface area contributed by atoms with Gasteiger partial charge in [-0.25, -0.2) is 22.0 Å².